The second kappa shape index (κ2) is 10.1. The van der Waals surface area contributed by atoms with Gasteiger partial charge in [-0.3, -0.25) is 9.69 Å². The Labute approximate surface area is 183 Å². The number of nitrogens with one attached hydrogen (secondary N) is 3. The zero-order valence-corrected chi connectivity index (χ0v) is 19.1. The van der Waals surface area contributed by atoms with Crippen LogP contribution in [-0.2, 0) is 11.3 Å². The van der Waals surface area contributed by atoms with Gasteiger partial charge >= 0.3 is 0 Å². The van der Waals surface area contributed by atoms with E-state index in [9.17, 15) is 9.18 Å². The molecule has 3 N–H and O–H groups in total. The molecule has 1 aliphatic heterocycles. The van der Waals surface area contributed by atoms with Crippen LogP contribution in [0.4, 0.5) is 16.2 Å². The van der Waals surface area contributed by atoms with Gasteiger partial charge in [-0.25, -0.2) is 14.4 Å². The van der Waals surface area contributed by atoms with Crippen LogP contribution >= 0.6 is 0 Å². The first-order chi connectivity index (χ1) is 14.8. The largest absolute Gasteiger partial charge is 0.356 e. The Kier molecular flexibility index (Phi) is 7.46. The summed E-state index contributed by atoms with van der Waals surface area (Å²) in [6, 6.07) is 0.318. The fraction of sp³-hybridized carbons (Fsp3) is 0.636. The third kappa shape index (κ3) is 5.51. The van der Waals surface area contributed by atoms with Gasteiger partial charge in [0.1, 0.15) is 11.6 Å². The van der Waals surface area contributed by atoms with Gasteiger partial charge in [0.25, 0.3) is 0 Å². The normalized spacial score (nSPS) is 21.8. The number of amides is 1. The topological polar surface area (TPSA) is 94.5 Å². The van der Waals surface area contributed by atoms with E-state index in [0.29, 0.717) is 30.7 Å². The van der Waals surface area contributed by atoms with Crippen LogP contribution in [0.3, 0.4) is 0 Å². The molecule has 9 heteroatoms. The number of aliphatic imine (C=N–C) groups is 1. The van der Waals surface area contributed by atoms with E-state index >= 15 is 0 Å². The Morgan fingerprint density at radius 2 is 1.97 bits per heavy atom. The average molecular weight is 432 g/mol. The quantitative estimate of drug-likeness (QED) is 0.638. The van der Waals surface area contributed by atoms with E-state index < -0.39 is 0 Å². The molecule has 0 aromatic carbocycles. The number of carbonyl (C=O) groups excluding carboxylic acids is 1. The Morgan fingerprint density at radius 1 is 1.26 bits per heavy atom. The van der Waals surface area contributed by atoms with Gasteiger partial charge in [0.15, 0.2) is 0 Å². The molecule has 0 radical (unpaired) electrons. The zero-order chi connectivity index (χ0) is 22.5. The summed E-state index contributed by atoms with van der Waals surface area (Å²) in [4.78, 5) is 28.2. The summed E-state index contributed by atoms with van der Waals surface area (Å²) in [5.41, 5.74) is 1.36. The summed E-state index contributed by atoms with van der Waals surface area (Å²) in [7, 11) is 0. The number of carbonyl (C=O) groups is 1. The minimum Gasteiger partial charge on any atom is -0.356 e. The van der Waals surface area contributed by atoms with Crippen molar-refractivity contribution in [2.45, 2.75) is 78.9 Å². The second-order valence-electron chi connectivity index (χ2n) is 8.53. The number of halogens is 1. The number of allylic oxidation sites excluding steroid dienone is 2. The summed E-state index contributed by atoms with van der Waals surface area (Å²) >= 11 is 0. The van der Waals surface area contributed by atoms with E-state index in [1.54, 1.807) is 6.92 Å². The average Bonchev–Trinajstić information content (AvgIpc) is 2.73. The second-order valence-corrected chi connectivity index (χ2v) is 8.53. The Morgan fingerprint density at radius 3 is 2.58 bits per heavy atom. The number of hydrogen-bond acceptors (Lipinski definition) is 7. The molecular formula is C22H34FN7O. The van der Waals surface area contributed by atoms with Crippen molar-refractivity contribution in [3.05, 3.63) is 23.3 Å². The molecule has 1 aromatic rings. The number of aromatic nitrogens is 2. The van der Waals surface area contributed by atoms with Crippen LogP contribution in [0.25, 0.3) is 0 Å². The monoisotopic (exact) mass is 431 g/mol. The first kappa shape index (κ1) is 23.0. The molecule has 2 aliphatic rings. The van der Waals surface area contributed by atoms with Crippen LogP contribution in [0.1, 0.15) is 65.9 Å². The van der Waals surface area contributed by atoms with Gasteiger partial charge in [0, 0.05) is 42.0 Å². The smallest absolute Gasteiger partial charge is 0.224 e. The van der Waals surface area contributed by atoms with E-state index in [4.69, 9.17) is 4.98 Å². The van der Waals surface area contributed by atoms with Crippen molar-refractivity contribution in [2.24, 2.45) is 10.9 Å². The van der Waals surface area contributed by atoms with Crippen molar-refractivity contribution in [1.82, 2.24) is 20.6 Å². The van der Waals surface area contributed by atoms with Gasteiger partial charge in [-0.15, -0.1) is 0 Å². The Bertz CT molecular complexity index is 855. The van der Waals surface area contributed by atoms with E-state index in [1.165, 1.54) is 6.92 Å². The third-order valence-corrected chi connectivity index (χ3v) is 5.71. The minimum atomic E-state index is -0.279. The fourth-order valence-electron chi connectivity index (χ4n) is 4.00. The van der Waals surface area contributed by atoms with Crippen molar-refractivity contribution in [1.29, 1.82) is 0 Å². The summed E-state index contributed by atoms with van der Waals surface area (Å²) in [6.07, 6.45) is 5.07. The SMILES string of the molecule is CCNC(=O)C1CCC(N2C(N/C(C)=C(/C)F)=NCc3cnc(NC(C)C)nc32)CC1. The molecule has 1 amide bonds. The molecule has 0 saturated heterocycles. The number of anilines is 2. The van der Waals surface area contributed by atoms with E-state index in [0.717, 1.165) is 37.1 Å². The number of hydrogen-bond donors (Lipinski definition) is 3. The Hall–Kier alpha value is -2.71. The molecule has 1 fully saturated rings. The van der Waals surface area contributed by atoms with Crippen molar-refractivity contribution < 1.29 is 9.18 Å². The molecule has 1 saturated carbocycles. The molecule has 0 atom stereocenters. The van der Waals surface area contributed by atoms with Crippen molar-refractivity contribution in [2.75, 3.05) is 16.8 Å². The standard InChI is InChI=1S/C22H34FN7O/c1-6-24-20(31)16-7-9-18(10-8-16)30-19-17(11-25-21(29-19)27-13(2)3)12-26-22(30)28-15(5)14(4)23/h11,13,16,18H,6-10,12H2,1-5H3,(H,24,31)(H,26,28)(H,25,27,29)/b15-14-. The number of fused-ring (bicyclic) bond motifs is 1. The summed E-state index contributed by atoms with van der Waals surface area (Å²) in [5.74, 6) is 1.83. The molecular weight excluding hydrogens is 397 g/mol. The maximum Gasteiger partial charge on any atom is 0.224 e. The molecule has 170 valence electrons. The minimum absolute atomic E-state index is 0.0343. The maximum absolute atomic E-state index is 13.8. The van der Waals surface area contributed by atoms with Gasteiger partial charge in [0.2, 0.25) is 17.8 Å². The van der Waals surface area contributed by atoms with E-state index in [-0.39, 0.29) is 29.7 Å². The Balaban J connectivity index is 1.89. The molecule has 1 aromatic heterocycles. The highest BCUT2D eigenvalue weighted by atomic mass is 19.1. The highest BCUT2D eigenvalue weighted by Crippen LogP contribution is 2.34. The number of nitrogens with zero attached hydrogens (tertiary/aromatic N) is 4. The van der Waals surface area contributed by atoms with Gasteiger partial charge in [0.05, 0.1) is 6.54 Å². The van der Waals surface area contributed by atoms with Crippen molar-refractivity contribution in [3.8, 4) is 0 Å². The first-order valence-corrected chi connectivity index (χ1v) is 11.1. The number of guanidine groups is 1. The molecule has 0 bridgehead atoms. The summed E-state index contributed by atoms with van der Waals surface area (Å²) in [5, 5.41) is 9.33. The predicted molar refractivity (Wildman–Crippen MR) is 121 cm³/mol. The van der Waals surface area contributed by atoms with Gasteiger partial charge in [-0.1, -0.05) is 0 Å². The van der Waals surface area contributed by atoms with Crippen LogP contribution in [0.15, 0.2) is 22.7 Å². The van der Waals surface area contributed by atoms with Crippen LogP contribution in [-0.4, -0.2) is 40.5 Å². The van der Waals surface area contributed by atoms with Crippen LogP contribution in [0, 0.1) is 5.92 Å². The van der Waals surface area contributed by atoms with Crippen LogP contribution in [0.5, 0.6) is 0 Å². The first-order valence-electron chi connectivity index (χ1n) is 11.1. The van der Waals surface area contributed by atoms with Crippen molar-refractivity contribution >= 4 is 23.6 Å². The lowest BCUT2D eigenvalue weighted by Gasteiger charge is -2.40. The molecule has 3 rings (SSSR count). The fourth-order valence-corrected chi connectivity index (χ4v) is 4.00. The van der Waals surface area contributed by atoms with Crippen LogP contribution in [0.2, 0.25) is 0 Å². The molecule has 1 aliphatic carbocycles. The predicted octanol–water partition coefficient (Wildman–Crippen LogP) is 3.48. The molecule has 0 unspecified atom stereocenters. The lowest BCUT2D eigenvalue weighted by Crippen LogP contribution is -2.51. The highest BCUT2D eigenvalue weighted by Gasteiger charge is 2.35. The van der Waals surface area contributed by atoms with Gasteiger partial charge in [-0.05, 0) is 60.3 Å². The van der Waals surface area contributed by atoms with E-state index in [2.05, 4.69) is 30.8 Å². The molecule has 31 heavy (non-hydrogen) atoms. The summed E-state index contributed by atoms with van der Waals surface area (Å²) in [6.45, 7) is 10.2. The van der Waals surface area contributed by atoms with Crippen LogP contribution < -0.4 is 20.9 Å². The zero-order valence-electron chi connectivity index (χ0n) is 19.1. The van der Waals surface area contributed by atoms with Gasteiger partial charge in [-0.2, -0.15) is 4.98 Å². The van der Waals surface area contributed by atoms with E-state index in [1.807, 2.05) is 27.0 Å². The highest BCUT2D eigenvalue weighted by molar-refractivity contribution is 5.99. The lowest BCUT2D eigenvalue weighted by molar-refractivity contribution is -0.125. The molecule has 0 spiro atoms. The summed E-state index contributed by atoms with van der Waals surface area (Å²) < 4.78 is 13.8. The lowest BCUT2D eigenvalue weighted by atomic mass is 9.84. The number of rotatable bonds is 6. The third-order valence-electron chi connectivity index (χ3n) is 5.71. The molecule has 2 heterocycles. The maximum atomic E-state index is 13.8. The van der Waals surface area contributed by atoms with Gasteiger partial charge < -0.3 is 16.0 Å². The van der Waals surface area contributed by atoms with Crippen molar-refractivity contribution in [3.63, 3.8) is 0 Å². The molecule has 8 nitrogen and oxygen atoms in total.